The molecule has 1 atom stereocenters. The first-order valence-electron chi connectivity index (χ1n) is 7.15. The van der Waals surface area contributed by atoms with Crippen LogP contribution < -0.4 is 15.2 Å². The van der Waals surface area contributed by atoms with Gasteiger partial charge in [-0.05, 0) is 30.5 Å². The number of aromatic nitrogens is 2. The van der Waals surface area contributed by atoms with Gasteiger partial charge in [-0.25, -0.2) is 0 Å². The van der Waals surface area contributed by atoms with E-state index in [9.17, 15) is 0 Å². The standard InChI is InChI=1S/C16H23N3O2/c1-4-14(17)7-12-5-6-15(20-3)16(8-12)21-11-13-9-18-19(2)10-13/h5-6,8-10,14H,4,7,11,17H2,1-3H3. The molecule has 1 aromatic heterocycles. The molecule has 2 rings (SSSR count). The Morgan fingerprint density at radius 3 is 2.71 bits per heavy atom. The number of methoxy groups -OCH3 is 1. The third kappa shape index (κ3) is 4.23. The Morgan fingerprint density at radius 1 is 1.29 bits per heavy atom. The molecule has 0 aliphatic heterocycles. The third-order valence-corrected chi connectivity index (χ3v) is 3.40. The van der Waals surface area contributed by atoms with E-state index < -0.39 is 0 Å². The molecule has 0 aliphatic carbocycles. The minimum atomic E-state index is 0.171. The molecule has 0 aliphatic rings. The first-order chi connectivity index (χ1) is 10.1. The van der Waals surface area contributed by atoms with E-state index in [-0.39, 0.29) is 6.04 Å². The minimum absolute atomic E-state index is 0.171. The molecule has 0 bridgehead atoms. The van der Waals surface area contributed by atoms with Crippen LogP contribution in [0.1, 0.15) is 24.5 Å². The highest BCUT2D eigenvalue weighted by Crippen LogP contribution is 2.29. The summed E-state index contributed by atoms with van der Waals surface area (Å²) in [6, 6.07) is 6.14. The fourth-order valence-corrected chi connectivity index (χ4v) is 2.12. The van der Waals surface area contributed by atoms with Crippen LogP contribution in [0.15, 0.2) is 30.6 Å². The first-order valence-corrected chi connectivity index (χ1v) is 7.15. The van der Waals surface area contributed by atoms with Gasteiger partial charge in [0.2, 0.25) is 0 Å². The second-order valence-corrected chi connectivity index (χ2v) is 5.17. The van der Waals surface area contributed by atoms with E-state index in [4.69, 9.17) is 15.2 Å². The third-order valence-electron chi connectivity index (χ3n) is 3.40. The molecule has 0 saturated heterocycles. The summed E-state index contributed by atoms with van der Waals surface area (Å²) in [5.74, 6) is 1.47. The van der Waals surface area contributed by atoms with E-state index in [1.165, 1.54) is 0 Å². The molecular weight excluding hydrogens is 266 g/mol. The quantitative estimate of drug-likeness (QED) is 0.849. The van der Waals surface area contributed by atoms with Crippen LogP contribution in [0.5, 0.6) is 11.5 Å². The fraction of sp³-hybridized carbons (Fsp3) is 0.438. The molecule has 5 nitrogen and oxygen atoms in total. The van der Waals surface area contributed by atoms with Crippen molar-refractivity contribution in [2.75, 3.05) is 7.11 Å². The van der Waals surface area contributed by atoms with E-state index in [0.29, 0.717) is 6.61 Å². The number of nitrogens with zero attached hydrogens (tertiary/aromatic N) is 2. The molecule has 0 fully saturated rings. The van der Waals surface area contributed by atoms with Crippen LogP contribution in [0.3, 0.4) is 0 Å². The van der Waals surface area contributed by atoms with Crippen LogP contribution in [0, 0.1) is 0 Å². The van der Waals surface area contributed by atoms with Gasteiger partial charge in [0.1, 0.15) is 6.61 Å². The molecule has 2 aromatic rings. The topological polar surface area (TPSA) is 62.3 Å². The minimum Gasteiger partial charge on any atom is -0.493 e. The number of rotatable bonds is 7. The molecule has 1 unspecified atom stereocenters. The highest BCUT2D eigenvalue weighted by atomic mass is 16.5. The van der Waals surface area contributed by atoms with Crippen molar-refractivity contribution >= 4 is 0 Å². The van der Waals surface area contributed by atoms with Crippen LogP contribution in [0.25, 0.3) is 0 Å². The lowest BCUT2D eigenvalue weighted by Crippen LogP contribution is -2.21. The van der Waals surface area contributed by atoms with Crippen molar-refractivity contribution in [2.45, 2.75) is 32.4 Å². The predicted molar refractivity (Wildman–Crippen MR) is 82.5 cm³/mol. The average molecular weight is 289 g/mol. The van der Waals surface area contributed by atoms with Gasteiger partial charge in [0.05, 0.1) is 13.3 Å². The SMILES string of the molecule is CCC(N)Cc1ccc(OC)c(OCc2cnn(C)c2)c1. The fourth-order valence-electron chi connectivity index (χ4n) is 2.12. The van der Waals surface area contributed by atoms with E-state index in [1.54, 1.807) is 18.0 Å². The van der Waals surface area contributed by atoms with Gasteiger partial charge in [-0.15, -0.1) is 0 Å². The summed E-state index contributed by atoms with van der Waals surface area (Å²) in [7, 11) is 3.53. The molecule has 2 N–H and O–H groups in total. The molecule has 0 saturated carbocycles. The van der Waals surface area contributed by atoms with E-state index >= 15 is 0 Å². The number of nitrogens with two attached hydrogens (primary N) is 1. The summed E-state index contributed by atoms with van der Waals surface area (Å²) in [5, 5.41) is 4.13. The molecular formula is C16H23N3O2. The van der Waals surface area contributed by atoms with Gasteiger partial charge in [0.25, 0.3) is 0 Å². The first kappa shape index (κ1) is 15.4. The van der Waals surface area contributed by atoms with Gasteiger partial charge >= 0.3 is 0 Å². The Kier molecular flexibility index (Phi) is 5.22. The largest absolute Gasteiger partial charge is 0.493 e. The van der Waals surface area contributed by atoms with Crippen LogP contribution in [0.2, 0.25) is 0 Å². The van der Waals surface area contributed by atoms with Gasteiger partial charge in [-0.2, -0.15) is 5.10 Å². The second kappa shape index (κ2) is 7.13. The monoisotopic (exact) mass is 289 g/mol. The van der Waals surface area contributed by atoms with Gasteiger partial charge in [-0.1, -0.05) is 13.0 Å². The number of aryl methyl sites for hydroxylation is 1. The van der Waals surface area contributed by atoms with Crippen molar-refractivity contribution in [3.63, 3.8) is 0 Å². The normalized spacial score (nSPS) is 12.2. The number of ether oxygens (including phenoxy) is 2. The van der Waals surface area contributed by atoms with Crippen molar-refractivity contribution in [2.24, 2.45) is 12.8 Å². The van der Waals surface area contributed by atoms with Crippen molar-refractivity contribution in [1.29, 1.82) is 0 Å². The summed E-state index contributed by atoms with van der Waals surface area (Å²) in [6.45, 7) is 2.56. The van der Waals surface area contributed by atoms with Crippen LogP contribution in [0.4, 0.5) is 0 Å². The Morgan fingerprint density at radius 2 is 2.10 bits per heavy atom. The lowest BCUT2D eigenvalue weighted by Gasteiger charge is -2.13. The van der Waals surface area contributed by atoms with Crippen LogP contribution >= 0.6 is 0 Å². The molecule has 0 amide bonds. The van der Waals surface area contributed by atoms with Gasteiger partial charge in [0.15, 0.2) is 11.5 Å². The summed E-state index contributed by atoms with van der Waals surface area (Å²) >= 11 is 0. The summed E-state index contributed by atoms with van der Waals surface area (Å²) in [6.07, 6.45) is 5.52. The Labute approximate surface area is 125 Å². The van der Waals surface area contributed by atoms with Crippen molar-refractivity contribution in [3.8, 4) is 11.5 Å². The number of hydrogen-bond acceptors (Lipinski definition) is 4. The van der Waals surface area contributed by atoms with Crippen LogP contribution in [-0.4, -0.2) is 22.9 Å². The smallest absolute Gasteiger partial charge is 0.161 e. The van der Waals surface area contributed by atoms with E-state index in [1.807, 2.05) is 31.4 Å². The second-order valence-electron chi connectivity index (χ2n) is 5.17. The van der Waals surface area contributed by atoms with Gasteiger partial charge in [-0.3, -0.25) is 4.68 Å². The molecule has 21 heavy (non-hydrogen) atoms. The maximum absolute atomic E-state index is 6.01. The highest BCUT2D eigenvalue weighted by Gasteiger charge is 2.09. The van der Waals surface area contributed by atoms with E-state index in [0.717, 1.165) is 35.5 Å². The molecule has 0 spiro atoms. The van der Waals surface area contributed by atoms with Crippen molar-refractivity contribution in [3.05, 3.63) is 41.7 Å². The zero-order valence-electron chi connectivity index (χ0n) is 12.9. The molecule has 1 heterocycles. The molecule has 5 heteroatoms. The van der Waals surface area contributed by atoms with Gasteiger partial charge in [0, 0.05) is 24.8 Å². The Bertz CT molecular complexity index is 581. The maximum atomic E-state index is 6.01. The van der Waals surface area contributed by atoms with Crippen molar-refractivity contribution < 1.29 is 9.47 Å². The lowest BCUT2D eigenvalue weighted by atomic mass is 10.0. The van der Waals surface area contributed by atoms with E-state index in [2.05, 4.69) is 12.0 Å². The molecule has 114 valence electrons. The van der Waals surface area contributed by atoms with Gasteiger partial charge < -0.3 is 15.2 Å². The lowest BCUT2D eigenvalue weighted by molar-refractivity contribution is 0.284. The zero-order chi connectivity index (χ0) is 15.2. The highest BCUT2D eigenvalue weighted by molar-refractivity contribution is 5.43. The predicted octanol–water partition coefficient (Wildman–Crippen LogP) is 2.29. The average Bonchev–Trinajstić information content (AvgIpc) is 2.90. The van der Waals surface area contributed by atoms with Crippen molar-refractivity contribution in [1.82, 2.24) is 9.78 Å². The number of hydrogen-bond donors (Lipinski definition) is 1. The summed E-state index contributed by atoms with van der Waals surface area (Å²) in [4.78, 5) is 0. The zero-order valence-corrected chi connectivity index (χ0v) is 12.9. The van der Waals surface area contributed by atoms with Crippen LogP contribution in [-0.2, 0) is 20.1 Å². The Balaban J connectivity index is 2.09. The maximum Gasteiger partial charge on any atom is 0.161 e. The number of benzene rings is 1. The summed E-state index contributed by atoms with van der Waals surface area (Å²) < 4.78 is 13.0. The Hall–Kier alpha value is -2.01. The molecule has 1 aromatic carbocycles. The summed E-state index contributed by atoms with van der Waals surface area (Å²) in [5.41, 5.74) is 8.19. The molecule has 0 radical (unpaired) electrons.